The number of esters is 4. The molecule has 3 aromatic rings. The van der Waals surface area contributed by atoms with Crippen LogP contribution in [0, 0.1) is 23.7 Å². The van der Waals surface area contributed by atoms with Crippen LogP contribution in [0.25, 0.3) is 0 Å². The van der Waals surface area contributed by atoms with Gasteiger partial charge in [-0.2, -0.15) is 5.10 Å². The topological polar surface area (TPSA) is 204 Å². The van der Waals surface area contributed by atoms with Gasteiger partial charge in [0.05, 0.1) is 12.2 Å². The second-order valence-corrected chi connectivity index (χ2v) is 24.3. The molecule has 3 fully saturated rings. The van der Waals surface area contributed by atoms with Crippen molar-refractivity contribution in [3.05, 3.63) is 88.7 Å². The maximum absolute atomic E-state index is 15.1. The van der Waals surface area contributed by atoms with Crippen LogP contribution < -0.4 is 0 Å². The highest BCUT2D eigenvalue weighted by Crippen LogP contribution is 2.45. The molecule has 3 aliphatic rings. The molecule has 1 aliphatic heterocycles. The maximum atomic E-state index is 15.1. The summed E-state index contributed by atoms with van der Waals surface area (Å²) in [5, 5.41) is 4.99. The first-order chi connectivity index (χ1) is 37.7. The number of hydrogen-bond donors (Lipinski definition) is 0. The van der Waals surface area contributed by atoms with E-state index >= 15 is 4.79 Å². The number of carbonyl (C=O) groups excluding carboxylic acids is 8. The van der Waals surface area contributed by atoms with Gasteiger partial charge < -0.3 is 38.5 Å². The average Bonchev–Trinajstić information content (AvgIpc) is 4.46. The minimum Gasteiger partial charge on any atom is -0.451 e. The summed E-state index contributed by atoms with van der Waals surface area (Å²) in [6.45, 7) is 18.2. The number of nitrogens with zero attached hydrogens (tertiary/aromatic N) is 6. The highest BCUT2D eigenvalue weighted by molar-refractivity contribution is 5.94. The largest absolute Gasteiger partial charge is 0.451 e. The number of likely N-dealkylation sites (N-methyl/N-ethyl adjacent to an activating group) is 4. The molecule has 0 radical (unpaired) electrons. The zero-order valence-corrected chi connectivity index (χ0v) is 49.7. The van der Waals surface area contributed by atoms with Gasteiger partial charge in [0.25, 0.3) is 23.6 Å². The molecule has 0 unspecified atom stereocenters. The molecule has 0 N–H and O–H groups in total. The van der Waals surface area contributed by atoms with Gasteiger partial charge >= 0.3 is 23.9 Å². The Morgan fingerprint density at radius 1 is 0.450 bits per heavy atom. The number of amides is 4. The van der Waals surface area contributed by atoms with Crippen molar-refractivity contribution >= 4 is 47.5 Å². The summed E-state index contributed by atoms with van der Waals surface area (Å²) in [4.78, 5) is 122. The molecule has 80 heavy (non-hydrogen) atoms. The molecule has 18 heteroatoms. The van der Waals surface area contributed by atoms with Crippen LogP contribution in [0.1, 0.15) is 161 Å². The standard InChI is InChI=1S/C62H88N6O12/c1-36(2)28-49-59(73)77-41(10)56(70)65(12)52(31-39(7)8)62(76)80-54(33-43-20-22-44(23-21-43)35-68-48(46-26-27-46)34-47(63-68)45-24-25-45)58(72)67(14)50(29-37(3)4)60(74)78-40(9)55(69)64(11)51(30-38(5)6)61(75)79-53(57(71)66(49)13)32-42-18-16-15-17-19-42/h15-23,34,36-41,45-46,49-54H,24-33,35H2,1-14H3/t40-,41-,49+,50+,51+,52+,53-,54-/m1/s1. The van der Waals surface area contributed by atoms with E-state index < -0.39 is 96.1 Å². The Bertz CT molecular complexity index is 2630. The molecular formula is C62H88N6O12. The number of rotatable bonds is 16. The SMILES string of the molecule is CC(C)C[C@H]1C(=O)O[C@H](Cc2ccc(Cn3nc(C4CC4)cc3C3CC3)cc2)C(=O)N(C)[C@@H](CC(C)C)C(=O)O[C@H](C)C(=O)N(C)[C@@H](CC(C)C)C(=O)O[C@H](Cc2ccccc2)C(=O)N(C)[C@@H](CC(C)C)C(=O)O[C@H](C)C(=O)N1C. The van der Waals surface area contributed by atoms with E-state index in [9.17, 15) is 33.6 Å². The predicted molar refractivity (Wildman–Crippen MR) is 300 cm³/mol. The fourth-order valence-corrected chi connectivity index (χ4v) is 10.3. The first-order valence-electron chi connectivity index (χ1n) is 28.8. The monoisotopic (exact) mass is 1110 g/mol. The third-order valence-electron chi connectivity index (χ3n) is 15.3. The minimum absolute atomic E-state index is 0.0857. The van der Waals surface area contributed by atoms with Gasteiger partial charge in [0, 0.05) is 58.6 Å². The first kappa shape index (κ1) is 62.6. The maximum Gasteiger partial charge on any atom is 0.329 e. The van der Waals surface area contributed by atoms with Gasteiger partial charge in [0.2, 0.25) is 0 Å². The van der Waals surface area contributed by atoms with Crippen molar-refractivity contribution in [3.63, 3.8) is 0 Å². The molecule has 2 aromatic carbocycles. The van der Waals surface area contributed by atoms with Crippen LogP contribution in [-0.4, -0.2) is 154 Å². The van der Waals surface area contributed by atoms with Gasteiger partial charge in [-0.05, 0) is 112 Å². The van der Waals surface area contributed by atoms with Crippen molar-refractivity contribution in [2.45, 2.75) is 200 Å². The highest BCUT2D eigenvalue weighted by Gasteiger charge is 2.43. The van der Waals surface area contributed by atoms with Crippen LogP contribution in [0.4, 0.5) is 0 Å². The van der Waals surface area contributed by atoms with Crippen molar-refractivity contribution in [2.75, 3.05) is 28.2 Å². The van der Waals surface area contributed by atoms with Crippen LogP contribution in [0.3, 0.4) is 0 Å². The minimum atomic E-state index is -1.52. The van der Waals surface area contributed by atoms with Crippen molar-refractivity contribution in [1.29, 1.82) is 0 Å². The van der Waals surface area contributed by atoms with Crippen molar-refractivity contribution < 1.29 is 57.3 Å². The third kappa shape index (κ3) is 16.7. The Balaban J connectivity index is 1.38. The lowest BCUT2D eigenvalue weighted by molar-refractivity contribution is -0.176. The molecular weight excluding hydrogens is 1020 g/mol. The molecule has 4 amide bonds. The molecule has 18 nitrogen and oxygen atoms in total. The lowest BCUT2D eigenvalue weighted by Gasteiger charge is -2.35. The van der Waals surface area contributed by atoms with Gasteiger partial charge in [-0.25, -0.2) is 19.2 Å². The van der Waals surface area contributed by atoms with E-state index in [1.807, 2.05) is 79.7 Å². The van der Waals surface area contributed by atoms with E-state index in [2.05, 4.69) is 10.7 Å². The summed E-state index contributed by atoms with van der Waals surface area (Å²) in [5.41, 5.74) is 4.68. The number of carbonyl (C=O) groups is 8. The summed E-state index contributed by atoms with van der Waals surface area (Å²) in [7, 11) is 5.62. The van der Waals surface area contributed by atoms with Crippen LogP contribution >= 0.6 is 0 Å². The van der Waals surface area contributed by atoms with Crippen LogP contribution in [0.15, 0.2) is 60.7 Å². The quantitative estimate of drug-likeness (QED) is 0.1000. The van der Waals surface area contributed by atoms with Crippen LogP contribution in [0.2, 0.25) is 0 Å². The Hall–Kier alpha value is -6.59. The molecule has 438 valence electrons. The molecule has 1 aromatic heterocycles. The van der Waals surface area contributed by atoms with Gasteiger partial charge in [-0.15, -0.1) is 0 Å². The fourth-order valence-electron chi connectivity index (χ4n) is 10.3. The number of ether oxygens (including phenoxy) is 4. The van der Waals surface area contributed by atoms with E-state index in [4.69, 9.17) is 24.0 Å². The number of cyclic esters (lactones) is 4. The molecule has 8 atom stereocenters. The number of hydrogen-bond acceptors (Lipinski definition) is 13. The number of benzene rings is 2. The molecule has 2 heterocycles. The van der Waals surface area contributed by atoms with E-state index in [0.717, 1.165) is 46.7 Å². The molecule has 0 bridgehead atoms. The van der Waals surface area contributed by atoms with Crippen molar-refractivity contribution in [1.82, 2.24) is 29.4 Å². The Kier molecular flexibility index (Phi) is 21.7. The molecule has 2 aliphatic carbocycles. The highest BCUT2D eigenvalue weighted by atomic mass is 16.6. The molecule has 0 spiro atoms. The Morgan fingerprint density at radius 2 is 0.787 bits per heavy atom. The van der Waals surface area contributed by atoms with E-state index in [1.165, 1.54) is 57.5 Å². The third-order valence-corrected chi connectivity index (χ3v) is 15.3. The second-order valence-electron chi connectivity index (χ2n) is 24.3. The van der Waals surface area contributed by atoms with E-state index in [0.29, 0.717) is 29.5 Å². The molecule has 6 rings (SSSR count). The normalized spacial score (nSPS) is 25.1. The summed E-state index contributed by atoms with van der Waals surface area (Å²) in [6.07, 6.45) is -1.12. The van der Waals surface area contributed by atoms with Crippen molar-refractivity contribution in [2.24, 2.45) is 23.7 Å². The molecule has 2 saturated carbocycles. The number of aromatic nitrogens is 2. The van der Waals surface area contributed by atoms with Gasteiger partial charge in [0.15, 0.2) is 24.4 Å². The average molecular weight is 1110 g/mol. The van der Waals surface area contributed by atoms with Gasteiger partial charge in [0.1, 0.15) is 24.2 Å². The lowest BCUT2D eigenvalue weighted by Crippen LogP contribution is -2.55. The Morgan fingerprint density at radius 3 is 1.15 bits per heavy atom. The summed E-state index contributed by atoms with van der Waals surface area (Å²) < 4.78 is 26.3. The second kappa shape index (κ2) is 27.7. The predicted octanol–water partition coefficient (Wildman–Crippen LogP) is 7.66. The lowest BCUT2D eigenvalue weighted by atomic mass is 9.99. The smallest absolute Gasteiger partial charge is 0.329 e. The first-order valence-corrected chi connectivity index (χ1v) is 28.8. The van der Waals surface area contributed by atoms with E-state index in [1.54, 1.807) is 30.3 Å². The van der Waals surface area contributed by atoms with Crippen molar-refractivity contribution in [3.8, 4) is 0 Å². The fraction of sp³-hybridized carbons (Fsp3) is 0.629. The molecule has 1 saturated heterocycles. The van der Waals surface area contributed by atoms with Gasteiger partial charge in [-0.3, -0.25) is 23.9 Å². The summed E-state index contributed by atoms with van der Waals surface area (Å²) >= 11 is 0. The van der Waals surface area contributed by atoms with Crippen LogP contribution in [0.5, 0.6) is 0 Å². The van der Waals surface area contributed by atoms with Gasteiger partial charge in [-0.1, -0.05) is 110 Å². The zero-order valence-electron chi connectivity index (χ0n) is 49.7. The Labute approximate surface area is 473 Å². The zero-order chi connectivity index (χ0) is 58.9. The van der Waals surface area contributed by atoms with Crippen LogP contribution in [-0.2, 0) is 76.7 Å². The summed E-state index contributed by atoms with van der Waals surface area (Å²) in [6, 6.07) is 13.8. The summed E-state index contributed by atoms with van der Waals surface area (Å²) in [5.74, 6) is -6.17. The van der Waals surface area contributed by atoms with E-state index in [-0.39, 0.29) is 62.2 Å².